The van der Waals surface area contributed by atoms with E-state index in [1.807, 2.05) is 0 Å². The number of likely N-dealkylation sites (N-methyl/N-ethyl adjacent to an activating group) is 1. The van der Waals surface area contributed by atoms with Gasteiger partial charge in [0.25, 0.3) is 5.91 Å². The Morgan fingerprint density at radius 1 is 1.58 bits per heavy atom. The summed E-state index contributed by atoms with van der Waals surface area (Å²) in [6.45, 7) is 3.30. The van der Waals surface area contributed by atoms with Crippen molar-refractivity contribution in [2.75, 3.05) is 19.7 Å². The summed E-state index contributed by atoms with van der Waals surface area (Å²) in [5.74, 6) is -2.98. The lowest BCUT2D eigenvalue weighted by Crippen LogP contribution is -2.37. The molecule has 0 radical (unpaired) electrons. The van der Waals surface area contributed by atoms with Crippen LogP contribution >= 0.6 is 0 Å². The maximum absolute atomic E-state index is 13.5. The third-order valence-corrected chi connectivity index (χ3v) is 3.19. The van der Waals surface area contributed by atoms with E-state index >= 15 is 0 Å². The summed E-state index contributed by atoms with van der Waals surface area (Å²) >= 11 is 0. The second-order valence-electron chi connectivity index (χ2n) is 4.44. The van der Waals surface area contributed by atoms with Crippen molar-refractivity contribution in [1.29, 1.82) is 0 Å². The van der Waals surface area contributed by atoms with Crippen molar-refractivity contribution in [1.82, 2.24) is 9.88 Å². The Balaban J connectivity index is 2.13. The molecule has 1 saturated heterocycles. The first-order chi connectivity index (χ1) is 9.13. The molecular weight excluding hydrogens is 254 g/mol. The van der Waals surface area contributed by atoms with Gasteiger partial charge in [0.1, 0.15) is 0 Å². The molecular formula is C13H16F2N2O2. The second kappa shape index (κ2) is 6.06. The Morgan fingerprint density at radius 3 is 3.00 bits per heavy atom. The van der Waals surface area contributed by atoms with Crippen LogP contribution in [0.25, 0.3) is 0 Å². The number of carbonyl (C=O) groups is 1. The first-order valence-corrected chi connectivity index (χ1v) is 6.34. The van der Waals surface area contributed by atoms with Crippen LogP contribution in [0, 0.1) is 11.8 Å². The molecule has 1 aromatic rings. The minimum Gasteiger partial charge on any atom is -0.376 e. The SMILES string of the molecule is CCN(CC1CCCO1)C(=O)c1ccnc(F)c1F. The van der Waals surface area contributed by atoms with E-state index in [0.717, 1.165) is 19.0 Å². The van der Waals surface area contributed by atoms with E-state index < -0.39 is 17.7 Å². The van der Waals surface area contributed by atoms with E-state index in [-0.39, 0.29) is 11.7 Å². The summed E-state index contributed by atoms with van der Waals surface area (Å²) in [6.07, 6.45) is 2.93. The van der Waals surface area contributed by atoms with Gasteiger partial charge in [-0.15, -0.1) is 0 Å². The lowest BCUT2D eigenvalue weighted by molar-refractivity contribution is 0.0534. The van der Waals surface area contributed by atoms with E-state index in [1.165, 1.54) is 11.0 Å². The van der Waals surface area contributed by atoms with Crippen LogP contribution in [-0.2, 0) is 4.74 Å². The highest BCUT2D eigenvalue weighted by Gasteiger charge is 2.25. The van der Waals surface area contributed by atoms with Gasteiger partial charge in [-0.25, -0.2) is 9.37 Å². The van der Waals surface area contributed by atoms with E-state index in [2.05, 4.69) is 4.98 Å². The van der Waals surface area contributed by atoms with Gasteiger partial charge in [-0.2, -0.15) is 4.39 Å². The molecule has 1 aliphatic heterocycles. The number of amides is 1. The van der Waals surface area contributed by atoms with Crippen LogP contribution in [0.1, 0.15) is 30.1 Å². The van der Waals surface area contributed by atoms with Crippen molar-refractivity contribution in [2.24, 2.45) is 0 Å². The predicted octanol–water partition coefficient (Wildman–Crippen LogP) is 2.00. The van der Waals surface area contributed by atoms with Crippen LogP contribution in [0.4, 0.5) is 8.78 Å². The van der Waals surface area contributed by atoms with Gasteiger partial charge in [0.15, 0.2) is 5.82 Å². The average molecular weight is 270 g/mol. The van der Waals surface area contributed by atoms with Gasteiger partial charge in [-0.05, 0) is 25.8 Å². The van der Waals surface area contributed by atoms with E-state index in [9.17, 15) is 13.6 Å². The first-order valence-electron chi connectivity index (χ1n) is 6.34. The predicted molar refractivity (Wildman–Crippen MR) is 64.7 cm³/mol. The van der Waals surface area contributed by atoms with Gasteiger partial charge in [0.05, 0.1) is 11.7 Å². The van der Waals surface area contributed by atoms with E-state index in [1.54, 1.807) is 6.92 Å². The molecule has 1 unspecified atom stereocenters. The van der Waals surface area contributed by atoms with Crippen molar-refractivity contribution in [3.63, 3.8) is 0 Å². The summed E-state index contributed by atoms with van der Waals surface area (Å²) in [7, 11) is 0. The highest BCUT2D eigenvalue weighted by molar-refractivity contribution is 5.94. The maximum Gasteiger partial charge on any atom is 0.257 e. The summed E-state index contributed by atoms with van der Waals surface area (Å²) in [4.78, 5) is 16.8. The molecule has 0 saturated carbocycles. The number of aromatic nitrogens is 1. The fraction of sp³-hybridized carbons (Fsp3) is 0.538. The molecule has 0 bridgehead atoms. The Bertz CT molecular complexity index is 462. The minimum atomic E-state index is -1.25. The van der Waals surface area contributed by atoms with Crippen molar-refractivity contribution in [2.45, 2.75) is 25.9 Å². The van der Waals surface area contributed by atoms with Gasteiger partial charge in [-0.1, -0.05) is 0 Å². The fourth-order valence-corrected chi connectivity index (χ4v) is 2.14. The monoisotopic (exact) mass is 270 g/mol. The second-order valence-corrected chi connectivity index (χ2v) is 4.44. The lowest BCUT2D eigenvalue weighted by Gasteiger charge is -2.24. The van der Waals surface area contributed by atoms with E-state index in [0.29, 0.717) is 19.7 Å². The maximum atomic E-state index is 13.5. The molecule has 1 aromatic heterocycles. The number of hydrogen-bond acceptors (Lipinski definition) is 3. The van der Waals surface area contributed by atoms with Crippen molar-refractivity contribution < 1.29 is 18.3 Å². The smallest absolute Gasteiger partial charge is 0.257 e. The van der Waals surface area contributed by atoms with Gasteiger partial charge in [0.2, 0.25) is 5.95 Å². The Labute approximate surface area is 110 Å². The Hall–Kier alpha value is -1.56. The van der Waals surface area contributed by atoms with Gasteiger partial charge in [0, 0.05) is 25.9 Å². The minimum absolute atomic E-state index is 0.0151. The zero-order valence-corrected chi connectivity index (χ0v) is 10.7. The molecule has 1 aliphatic rings. The average Bonchev–Trinajstić information content (AvgIpc) is 2.91. The quantitative estimate of drug-likeness (QED) is 0.786. The third-order valence-electron chi connectivity index (χ3n) is 3.19. The molecule has 2 rings (SSSR count). The zero-order chi connectivity index (χ0) is 13.8. The molecule has 4 nitrogen and oxygen atoms in total. The van der Waals surface area contributed by atoms with Crippen molar-refractivity contribution in [3.05, 3.63) is 29.6 Å². The van der Waals surface area contributed by atoms with Crippen LogP contribution in [0.15, 0.2) is 12.3 Å². The molecule has 1 atom stereocenters. The normalized spacial score (nSPS) is 18.6. The van der Waals surface area contributed by atoms with Crippen LogP contribution < -0.4 is 0 Å². The highest BCUT2D eigenvalue weighted by Crippen LogP contribution is 2.16. The number of halogens is 2. The first kappa shape index (κ1) is 13.9. The molecule has 19 heavy (non-hydrogen) atoms. The Kier molecular flexibility index (Phi) is 4.42. The standard InChI is InChI=1S/C13H16F2N2O2/c1-2-17(8-9-4-3-7-19-9)13(18)10-5-6-16-12(15)11(10)14/h5-6,9H,2-4,7-8H2,1H3. The summed E-state index contributed by atoms with van der Waals surface area (Å²) in [5, 5.41) is 0. The molecule has 0 N–H and O–H groups in total. The number of rotatable bonds is 4. The summed E-state index contributed by atoms with van der Waals surface area (Å²) < 4.78 is 32.0. The molecule has 2 heterocycles. The number of ether oxygens (including phenoxy) is 1. The molecule has 0 aliphatic carbocycles. The Morgan fingerprint density at radius 2 is 2.37 bits per heavy atom. The molecule has 104 valence electrons. The third kappa shape index (κ3) is 3.07. The molecule has 1 fully saturated rings. The lowest BCUT2D eigenvalue weighted by atomic mass is 10.2. The van der Waals surface area contributed by atoms with E-state index in [4.69, 9.17) is 4.74 Å². The summed E-state index contributed by atoms with van der Waals surface area (Å²) in [6, 6.07) is 1.19. The number of carbonyl (C=O) groups excluding carboxylic acids is 1. The zero-order valence-electron chi connectivity index (χ0n) is 10.7. The topological polar surface area (TPSA) is 42.4 Å². The molecule has 0 aromatic carbocycles. The van der Waals surface area contributed by atoms with Crippen molar-refractivity contribution in [3.8, 4) is 0 Å². The van der Waals surface area contributed by atoms with Gasteiger partial charge >= 0.3 is 0 Å². The number of nitrogens with zero attached hydrogens (tertiary/aromatic N) is 2. The van der Waals surface area contributed by atoms with Crippen molar-refractivity contribution >= 4 is 5.91 Å². The van der Waals surface area contributed by atoms with Crippen LogP contribution in [-0.4, -0.2) is 41.6 Å². The highest BCUT2D eigenvalue weighted by atomic mass is 19.2. The molecule has 6 heteroatoms. The summed E-state index contributed by atoms with van der Waals surface area (Å²) in [5.41, 5.74) is -0.285. The van der Waals surface area contributed by atoms with Gasteiger partial charge < -0.3 is 9.64 Å². The van der Waals surface area contributed by atoms with Crippen LogP contribution in [0.2, 0.25) is 0 Å². The largest absolute Gasteiger partial charge is 0.376 e. The van der Waals surface area contributed by atoms with Crippen LogP contribution in [0.3, 0.4) is 0 Å². The van der Waals surface area contributed by atoms with Gasteiger partial charge in [-0.3, -0.25) is 4.79 Å². The number of pyridine rings is 1. The van der Waals surface area contributed by atoms with Crippen LogP contribution in [0.5, 0.6) is 0 Å². The molecule has 0 spiro atoms. The molecule has 1 amide bonds. The number of hydrogen-bond donors (Lipinski definition) is 0. The fourth-order valence-electron chi connectivity index (χ4n) is 2.14.